The van der Waals surface area contributed by atoms with Crippen LogP contribution in [0.2, 0.25) is 0 Å². The van der Waals surface area contributed by atoms with Crippen molar-refractivity contribution in [3.05, 3.63) is 28.1 Å². The molecule has 0 aliphatic heterocycles. The summed E-state index contributed by atoms with van der Waals surface area (Å²) in [5.74, 6) is 6.45. The highest BCUT2D eigenvalue weighted by Gasteiger charge is 2.10. The van der Waals surface area contributed by atoms with Gasteiger partial charge in [-0.1, -0.05) is 6.92 Å². The average molecular weight is 289 g/mol. The van der Waals surface area contributed by atoms with Gasteiger partial charge in [0.2, 0.25) is 5.95 Å². The first kappa shape index (κ1) is 12.8. The Hall–Kier alpha value is -2.19. The third-order valence-corrected chi connectivity index (χ3v) is 4.04. The smallest absolute Gasteiger partial charge is 0.241 e. The molecule has 0 radical (unpaired) electrons. The Morgan fingerprint density at radius 3 is 3.10 bits per heavy atom. The number of thiophene rings is 1. The van der Waals surface area contributed by atoms with Crippen molar-refractivity contribution in [2.24, 2.45) is 5.84 Å². The minimum Gasteiger partial charge on any atom is -0.364 e. The summed E-state index contributed by atoms with van der Waals surface area (Å²) in [5.41, 5.74) is 4.47. The summed E-state index contributed by atoms with van der Waals surface area (Å²) in [7, 11) is 0. The summed E-state index contributed by atoms with van der Waals surface area (Å²) in [4.78, 5) is 9.83. The number of nitrogen functional groups attached to an aromatic ring is 1. The van der Waals surface area contributed by atoms with Gasteiger partial charge >= 0.3 is 0 Å². The van der Waals surface area contributed by atoms with Gasteiger partial charge in [-0.25, -0.2) is 5.84 Å². The molecule has 0 atom stereocenters. The highest BCUT2D eigenvalue weighted by Crippen LogP contribution is 2.23. The average Bonchev–Trinajstić information content (AvgIpc) is 3.12. The van der Waals surface area contributed by atoms with Crippen LogP contribution in [0.25, 0.3) is 11.0 Å². The molecule has 0 saturated carbocycles. The second kappa shape index (κ2) is 5.43. The standard InChI is InChI=1S/C12H15N7S/c1-2-7-3-4-20-9(7)6-14-10-8-5-15-19-11(8)17-12(16-10)18-13/h3-5H,2,6,13H2,1H3,(H3,14,15,16,17,18,19). The van der Waals surface area contributed by atoms with Gasteiger partial charge < -0.3 is 5.32 Å². The highest BCUT2D eigenvalue weighted by molar-refractivity contribution is 7.10. The van der Waals surface area contributed by atoms with Crippen molar-refractivity contribution in [2.45, 2.75) is 19.9 Å². The fourth-order valence-corrected chi connectivity index (χ4v) is 2.95. The van der Waals surface area contributed by atoms with Crippen LogP contribution in [0.4, 0.5) is 11.8 Å². The summed E-state index contributed by atoms with van der Waals surface area (Å²) in [6.07, 6.45) is 2.73. The van der Waals surface area contributed by atoms with E-state index < -0.39 is 0 Å². The number of H-pyrrole nitrogens is 1. The van der Waals surface area contributed by atoms with Crippen LogP contribution < -0.4 is 16.6 Å². The van der Waals surface area contributed by atoms with Crippen molar-refractivity contribution in [1.29, 1.82) is 0 Å². The lowest BCUT2D eigenvalue weighted by atomic mass is 10.2. The van der Waals surface area contributed by atoms with Crippen LogP contribution in [0.3, 0.4) is 0 Å². The van der Waals surface area contributed by atoms with Crippen molar-refractivity contribution in [3.63, 3.8) is 0 Å². The number of aromatic amines is 1. The normalized spacial score (nSPS) is 10.9. The molecule has 0 amide bonds. The van der Waals surface area contributed by atoms with Crippen LogP contribution in [-0.4, -0.2) is 20.2 Å². The SMILES string of the molecule is CCc1ccsc1CNc1nc(NN)nc2[nH]ncc12. The third kappa shape index (κ3) is 2.30. The molecule has 3 heterocycles. The molecule has 0 aliphatic rings. The maximum atomic E-state index is 5.38. The van der Waals surface area contributed by atoms with Crippen molar-refractivity contribution in [2.75, 3.05) is 10.7 Å². The Labute approximate surface area is 119 Å². The molecule has 3 rings (SSSR count). The predicted molar refractivity (Wildman–Crippen MR) is 80.5 cm³/mol. The number of hydrazine groups is 1. The molecule has 3 aromatic heterocycles. The van der Waals surface area contributed by atoms with Gasteiger partial charge in [0.15, 0.2) is 5.65 Å². The van der Waals surface area contributed by atoms with Crippen LogP contribution in [-0.2, 0) is 13.0 Å². The first-order chi connectivity index (χ1) is 9.81. The molecule has 5 N–H and O–H groups in total. The van der Waals surface area contributed by atoms with E-state index in [1.54, 1.807) is 17.5 Å². The topological polar surface area (TPSA) is 105 Å². The van der Waals surface area contributed by atoms with Crippen molar-refractivity contribution in [3.8, 4) is 0 Å². The number of nitrogens with zero attached hydrogens (tertiary/aromatic N) is 3. The van der Waals surface area contributed by atoms with E-state index in [2.05, 4.69) is 49.3 Å². The van der Waals surface area contributed by atoms with Crippen molar-refractivity contribution in [1.82, 2.24) is 20.2 Å². The first-order valence-corrected chi connectivity index (χ1v) is 7.16. The molecular weight excluding hydrogens is 274 g/mol. The third-order valence-electron chi connectivity index (χ3n) is 3.07. The second-order valence-electron chi connectivity index (χ2n) is 4.25. The summed E-state index contributed by atoms with van der Waals surface area (Å²) in [5, 5.41) is 13.1. The zero-order valence-corrected chi connectivity index (χ0v) is 11.8. The highest BCUT2D eigenvalue weighted by atomic mass is 32.1. The zero-order chi connectivity index (χ0) is 13.9. The van der Waals surface area contributed by atoms with Crippen LogP contribution in [0.5, 0.6) is 0 Å². The molecule has 8 heteroatoms. The number of anilines is 2. The Morgan fingerprint density at radius 1 is 1.40 bits per heavy atom. The van der Waals surface area contributed by atoms with E-state index in [1.165, 1.54) is 10.4 Å². The fourth-order valence-electron chi connectivity index (χ4n) is 2.04. The van der Waals surface area contributed by atoms with Crippen LogP contribution in [0, 0.1) is 0 Å². The molecule has 0 aromatic carbocycles. The second-order valence-corrected chi connectivity index (χ2v) is 5.25. The molecule has 0 unspecified atom stereocenters. The Balaban J connectivity index is 1.88. The predicted octanol–water partition coefficient (Wildman–Crippen LogP) is 1.87. The van der Waals surface area contributed by atoms with E-state index in [0.717, 1.165) is 18.4 Å². The number of hydrogen-bond donors (Lipinski definition) is 4. The zero-order valence-electron chi connectivity index (χ0n) is 11.0. The first-order valence-electron chi connectivity index (χ1n) is 6.28. The van der Waals surface area contributed by atoms with Gasteiger partial charge in [0, 0.05) is 4.88 Å². The minimum absolute atomic E-state index is 0.353. The summed E-state index contributed by atoms with van der Waals surface area (Å²) < 4.78 is 0. The van der Waals surface area contributed by atoms with Gasteiger partial charge in [0.25, 0.3) is 0 Å². The lowest BCUT2D eigenvalue weighted by Gasteiger charge is -2.08. The number of nitrogens with two attached hydrogens (primary N) is 1. The maximum absolute atomic E-state index is 5.38. The summed E-state index contributed by atoms with van der Waals surface area (Å²) >= 11 is 1.74. The van der Waals surface area contributed by atoms with Gasteiger partial charge in [-0.15, -0.1) is 11.3 Å². The maximum Gasteiger partial charge on any atom is 0.241 e. The number of hydrogen-bond acceptors (Lipinski definition) is 7. The lowest BCUT2D eigenvalue weighted by Crippen LogP contribution is -2.12. The number of aromatic nitrogens is 4. The molecule has 3 aromatic rings. The van der Waals surface area contributed by atoms with E-state index in [-0.39, 0.29) is 0 Å². The Kier molecular flexibility index (Phi) is 3.48. The fraction of sp³-hybridized carbons (Fsp3) is 0.250. The largest absolute Gasteiger partial charge is 0.364 e. The molecule has 104 valence electrons. The lowest BCUT2D eigenvalue weighted by molar-refractivity contribution is 1.05. The monoisotopic (exact) mass is 289 g/mol. The quantitative estimate of drug-likeness (QED) is 0.422. The van der Waals surface area contributed by atoms with Gasteiger partial charge in [-0.05, 0) is 23.4 Å². The van der Waals surface area contributed by atoms with Crippen molar-refractivity contribution >= 4 is 34.1 Å². The summed E-state index contributed by atoms with van der Waals surface area (Å²) in [6, 6.07) is 2.15. The van der Waals surface area contributed by atoms with E-state index >= 15 is 0 Å². The molecule has 0 aliphatic carbocycles. The van der Waals surface area contributed by atoms with Crippen LogP contribution in [0.15, 0.2) is 17.6 Å². The molecule has 0 saturated heterocycles. The Morgan fingerprint density at radius 2 is 2.30 bits per heavy atom. The minimum atomic E-state index is 0.353. The van der Waals surface area contributed by atoms with Crippen molar-refractivity contribution < 1.29 is 0 Å². The van der Waals surface area contributed by atoms with E-state index in [1.807, 2.05) is 0 Å². The van der Waals surface area contributed by atoms with Gasteiger partial charge in [-0.2, -0.15) is 15.1 Å². The molecule has 20 heavy (non-hydrogen) atoms. The number of aryl methyl sites for hydroxylation is 1. The molecular formula is C12H15N7S. The van der Waals surface area contributed by atoms with Crippen LogP contribution in [0.1, 0.15) is 17.4 Å². The van der Waals surface area contributed by atoms with Gasteiger partial charge in [0.1, 0.15) is 5.82 Å². The van der Waals surface area contributed by atoms with Gasteiger partial charge in [-0.3, -0.25) is 10.5 Å². The van der Waals surface area contributed by atoms with E-state index in [9.17, 15) is 0 Å². The molecule has 7 nitrogen and oxygen atoms in total. The summed E-state index contributed by atoms with van der Waals surface area (Å²) in [6.45, 7) is 2.88. The number of fused-ring (bicyclic) bond motifs is 1. The van der Waals surface area contributed by atoms with E-state index in [0.29, 0.717) is 17.4 Å². The van der Waals surface area contributed by atoms with Crippen LogP contribution >= 0.6 is 11.3 Å². The number of nitrogens with one attached hydrogen (secondary N) is 3. The Bertz CT molecular complexity index is 717. The number of rotatable bonds is 5. The molecule has 0 bridgehead atoms. The van der Waals surface area contributed by atoms with Gasteiger partial charge in [0.05, 0.1) is 18.1 Å². The van der Waals surface area contributed by atoms with E-state index in [4.69, 9.17) is 5.84 Å². The molecule has 0 fully saturated rings. The molecule has 0 spiro atoms.